The first-order chi connectivity index (χ1) is 28.0. The maximum absolute atomic E-state index is 8.25. The Labute approximate surface area is 328 Å². The fourth-order valence-electron chi connectivity index (χ4n) is 9.40. The maximum atomic E-state index is 8.25. The van der Waals surface area contributed by atoms with Crippen LogP contribution < -0.4 is 0 Å². The van der Waals surface area contributed by atoms with Gasteiger partial charge >= 0.3 is 0 Å². The lowest BCUT2D eigenvalue weighted by atomic mass is 9.81. The van der Waals surface area contributed by atoms with Crippen LogP contribution in [0.4, 0.5) is 0 Å². The van der Waals surface area contributed by atoms with Crippen LogP contribution in [0.5, 0.6) is 0 Å². The molecule has 0 radical (unpaired) electrons. The summed E-state index contributed by atoms with van der Waals surface area (Å²) in [6.45, 7) is 6.79. The monoisotopic (exact) mass is 736 g/mol. The van der Waals surface area contributed by atoms with Gasteiger partial charge < -0.3 is 0 Å². The van der Waals surface area contributed by atoms with E-state index in [-0.39, 0.29) is 11.0 Å². The van der Waals surface area contributed by atoms with Gasteiger partial charge in [-0.1, -0.05) is 118 Å². The summed E-state index contributed by atoms with van der Waals surface area (Å²) in [6, 6.07) is 41.0. The summed E-state index contributed by atoms with van der Waals surface area (Å²) in [7, 11) is 0. The number of rotatable bonds is 4. The molecule has 0 atom stereocenters. The normalized spacial score (nSPS) is 15.3. The van der Waals surface area contributed by atoms with Crippen molar-refractivity contribution in [3.63, 3.8) is 0 Å². The molecule has 11 rings (SSSR count). The molecule has 1 saturated carbocycles. The first-order valence-electron chi connectivity index (χ1n) is 21.0. The van der Waals surface area contributed by atoms with Crippen molar-refractivity contribution in [2.45, 2.75) is 71.6 Å². The number of hydrogen-bond donors (Lipinski definition) is 0. The largest absolute Gasteiger partial charge is 0.283 e. The number of nitrogens with zero attached hydrogens (tertiary/aromatic N) is 5. The highest BCUT2D eigenvalue weighted by atomic mass is 32.1. The Morgan fingerprint density at radius 3 is 2.13 bits per heavy atom. The fourth-order valence-corrected chi connectivity index (χ4v) is 10.6. The SMILES string of the molecule is [2H]C([2H])([2H])c1cccc2c1nc1n(-c3ccc(-c4ccc(-c5c(C(C)(C)C)ccc6c5sc5nc7c(C)cccc7n56)cc4)c(C4CCCC4)c3)c3ccccc3n21. The quantitative estimate of drug-likeness (QED) is 0.180. The van der Waals surface area contributed by atoms with Crippen molar-refractivity contribution in [3.05, 3.63) is 138 Å². The number of thiazole rings is 1. The predicted octanol–water partition coefficient (Wildman–Crippen LogP) is 13.4. The van der Waals surface area contributed by atoms with Gasteiger partial charge in [-0.15, -0.1) is 0 Å². The van der Waals surface area contributed by atoms with Crippen molar-refractivity contribution in [2.75, 3.05) is 0 Å². The standard InChI is InChI=1S/C49H43N5S/c1-29-12-10-18-40-44(29)50-47-52(38-16-8-9-17-39(38)53(40)47)34-24-25-35(36(28-34)31-14-6-7-15-31)32-20-22-33(23-21-32)43-37(49(3,4)5)26-27-42-46(43)55-48-51-45-30(2)13-11-19-41(45)54(42)48/h8-13,16-28,31H,6-7,14-15H2,1-5H3/i1D3. The molecule has 0 N–H and O–H groups in total. The molecule has 4 heterocycles. The summed E-state index contributed by atoms with van der Waals surface area (Å²) in [6.07, 6.45) is 4.78. The van der Waals surface area contributed by atoms with Crippen LogP contribution in [0.15, 0.2) is 115 Å². The number of aromatic nitrogens is 5. The number of benzene rings is 6. The van der Waals surface area contributed by atoms with E-state index in [9.17, 15) is 0 Å². The highest BCUT2D eigenvalue weighted by Crippen LogP contribution is 2.45. The molecule has 6 heteroatoms. The molecule has 4 aromatic heterocycles. The van der Waals surface area contributed by atoms with Crippen molar-refractivity contribution in [3.8, 4) is 27.9 Å². The van der Waals surface area contributed by atoms with E-state index in [1.807, 2.05) is 18.2 Å². The van der Waals surface area contributed by atoms with Crippen LogP contribution in [0.1, 0.15) is 78.7 Å². The lowest BCUT2D eigenvalue weighted by molar-refractivity contribution is 0.593. The zero-order valence-electron chi connectivity index (χ0n) is 34.5. The van der Waals surface area contributed by atoms with Crippen LogP contribution in [0.2, 0.25) is 0 Å². The van der Waals surface area contributed by atoms with E-state index in [0.29, 0.717) is 11.4 Å². The molecular weight excluding hydrogens is 691 g/mol. The number of aryl methyl sites for hydroxylation is 2. The predicted molar refractivity (Wildman–Crippen MR) is 231 cm³/mol. The minimum Gasteiger partial charge on any atom is -0.283 e. The van der Waals surface area contributed by atoms with E-state index in [4.69, 9.17) is 14.1 Å². The minimum absolute atomic E-state index is 0.0541. The summed E-state index contributed by atoms with van der Waals surface area (Å²) >= 11 is 1.79. The Kier molecular flexibility index (Phi) is 6.40. The van der Waals surface area contributed by atoms with Gasteiger partial charge in [0.05, 0.1) is 43.3 Å². The van der Waals surface area contributed by atoms with Crippen molar-refractivity contribution >= 4 is 65.4 Å². The summed E-state index contributed by atoms with van der Waals surface area (Å²) in [4.78, 5) is 11.2. The molecule has 0 unspecified atom stereocenters. The van der Waals surface area contributed by atoms with Gasteiger partial charge in [-0.05, 0) is 119 Å². The Hall–Kier alpha value is -5.72. The zero-order valence-corrected chi connectivity index (χ0v) is 32.3. The van der Waals surface area contributed by atoms with Crippen LogP contribution in [0.3, 0.4) is 0 Å². The molecule has 5 nitrogen and oxygen atoms in total. The van der Waals surface area contributed by atoms with E-state index in [2.05, 4.69) is 132 Å². The van der Waals surface area contributed by atoms with Gasteiger partial charge in [0.1, 0.15) is 0 Å². The van der Waals surface area contributed by atoms with Crippen LogP contribution in [-0.4, -0.2) is 23.3 Å². The van der Waals surface area contributed by atoms with Gasteiger partial charge in [0.25, 0.3) is 0 Å². The lowest BCUT2D eigenvalue weighted by Crippen LogP contribution is -2.12. The Morgan fingerprint density at radius 1 is 0.673 bits per heavy atom. The van der Waals surface area contributed by atoms with E-state index in [0.717, 1.165) is 56.9 Å². The molecule has 1 fully saturated rings. The maximum Gasteiger partial charge on any atom is 0.220 e. The zero-order chi connectivity index (χ0) is 39.7. The Morgan fingerprint density at radius 2 is 1.36 bits per heavy atom. The first kappa shape index (κ1) is 29.6. The molecule has 0 spiro atoms. The summed E-state index contributed by atoms with van der Waals surface area (Å²) in [5.74, 6) is 1.17. The van der Waals surface area contributed by atoms with Crippen LogP contribution in [-0.2, 0) is 5.41 Å². The topological polar surface area (TPSA) is 39.5 Å². The third kappa shape index (κ3) is 4.83. The summed E-state index contributed by atoms with van der Waals surface area (Å²) in [5.41, 5.74) is 16.9. The van der Waals surface area contributed by atoms with Crippen LogP contribution >= 0.6 is 11.3 Å². The lowest BCUT2D eigenvalue weighted by Gasteiger charge is -2.24. The van der Waals surface area contributed by atoms with Crippen molar-refractivity contribution in [1.82, 2.24) is 23.3 Å². The van der Waals surface area contributed by atoms with Crippen molar-refractivity contribution < 1.29 is 4.11 Å². The van der Waals surface area contributed by atoms with Gasteiger partial charge in [-0.25, -0.2) is 9.97 Å². The van der Waals surface area contributed by atoms with E-state index < -0.39 is 6.85 Å². The highest BCUT2D eigenvalue weighted by Gasteiger charge is 2.26. The van der Waals surface area contributed by atoms with Gasteiger partial charge in [-0.2, -0.15) is 0 Å². The second-order valence-corrected chi connectivity index (χ2v) is 17.4. The van der Waals surface area contributed by atoms with E-state index in [1.165, 1.54) is 62.0 Å². The van der Waals surface area contributed by atoms with Gasteiger partial charge in [0.15, 0.2) is 4.96 Å². The summed E-state index contributed by atoms with van der Waals surface area (Å²) in [5, 5.41) is 0. The molecule has 0 aliphatic heterocycles. The second-order valence-electron chi connectivity index (χ2n) is 16.4. The Balaban J connectivity index is 1.07. The molecule has 55 heavy (non-hydrogen) atoms. The van der Waals surface area contributed by atoms with Gasteiger partial charge in [0.2, 0.25) is 5.78 Å². The number of imidazole rings is 3. The number of fused-ring (bicyclic) bond motifs is 10. The number of para-hydroxylation sites is 4. The first-order valence-corrected chi connectivity index (χ1v) is 20.3. The fraction of sp³-hybridized carbons (Fsp3) is 0.224. The summed E-state index contributed by atoms with van der Waals surface area (Å²) < 4.78 is 32.7. The van der Waals surface area contributed by atoms with E-state index >= 15 is 0 Å². The molecule has 0 bridgehead atoms. The van der Waals surface area contributed by atoms with Gasteiger partial charge in [-0.3, -0.25) is 13.4 Å². The molecule has 0 amide bonds. The second kappa shape index (κ2) is 11.9. The smallest absolute Gasteiger partial charge is 0.220 e. The van der Waals surface area contributed by atoms with Crippen LogP contribution in [0.25, 0.3) is 82.0 Å². The Bertz CT molecular complexity index is 3270. The molecule has 10 aromatic rings. The molecule has 1 aliphatic rings. The third-order valence-electron chi connectivity index (χ3n) is 12.0. The van der Waals surface area contributed by atoms with Crippen molar-refractivity contribution in [1.29, 1.82) is 0 Å². The molecule has 1 aliphatic carbocycles. The van der Waals surface area contributed by atoms with E-state index in [1.54, 1.807) is 17.4 Å². The molecule has 0 saturated heterocycles. The molecular formula is C49H43N5S. The highest BCUT2D eigenvalue weighted by molar-refractivity contribution is 7.24. The minimum atomic E-state index is -2.27. The third-order valence-corrected chi connectivity index (χ3v) is 13.1. The van der Waals surface area contributed by atoms with Crippen molar-refractivity contribution in [2.24, 2.45) is 0 Å². The average Bonchev–Trinajstić information content (AvgIpc) is 4.04. The molecule has 270 valence electrons. The average molecular weight is 737 g/mol. The van der Waals surface area contributed by atoms with Crippen LogP contribution in [0, 0.1) is 13.8 Å². The van der Waals surface area contributed by atoms with Gasteiger partial charge in [0, 0.05) is 15.4 Å². The molecule has 6 aromatic carbocycles. The number of hydrogen-bond acceptors (Lipinski definition) is 3.